The van der Waals surface area contributed by atoms with Crippen LogP contribution in [-0.2, 0) is 16.2 Å². The molecule has 0 bridgehead atoms. The average Bonchev–Trinajstić information content (AvgIpc) is 1.58. The third-order valence-corrected chi connectivity index (χ3v) is 30.4. The molecule has 0 fully saturated rings. The topological polar surface area (TPSA) is 24.5 Å². The standard InChI is InChI=1S/C47H34N2.C45H34N2.C43H32N2/c1-47(2)43-18-10-8-16-39(43)40-24-22-38(30-44(40)47)48(36-21-20-33-26-31-12-6-7-13-32(31)27-34(33)28-36)37-23-25-46-42(29-37)41-17-9-11-19-45(41)49(46)35-14-4-3-5-15-35;1-45(2)41-19-11-9-17-37(41)38-27-25-36(30-42(38)45)46(34-23-21-32(22-24-34)31-13-5-3-6-14-31)35-26-28-44-40(29-35)39-18-10-12-20-43(39)47(44)33-15-7-4-8-16-33;1-43(2)39-18-10-8-16-35(39)36-24-22-34(28-40(36)43)44(32-21-20-29-12-6-7-13-30(29)26-32)33-23-25-42-38(27-33)37-17-9-11-19-41(37)45(42)31-14-4-3-5-15-31/h3-30H,1-2H3;3-30H,1-2H3;3-28H,1-2H3. The zero-order chi connectivity index (χ0) is 94.4. The van der Waals surface area contributed by atoms with Crippen molar-refractivity contribution < 1.29 is 0 Å². The molecule has 6 nitrogen and oxygen atoms in total. The van der Waals surface area contributed by atoms with E-state index < -0.39 is 0 Å². The van der Waals surface area contributed by atoms with Gasteiger partial charge in [0.2, 0.25) is 0 Å². The van der Waals surface area contributed by atoms with Gasteiger partial charge in [0.25, 0.3) is 0 Å². The third kappa shape index (κ3) is 14.0. The van der Waals surface area contributed by atoms with Crippen molar-refractivity contribution in [3.8, 4) is 61.6 Å². The van der Waals surface area contributed by atoms with E-state index in [0.717, 1.165) is 51.2 Å². The minimum Gasteiger partial charge on any atom is -0.310 e. The first-order valence-corrected chi connectivity index (χ1v) is 49.2. The van der Waals surface area contributed by atoms with E-state index in [-0.39, 0.29) is 16.2 Å². The molecule has 0 saturated heterocycles. The molecule has 0 atom stereocenters. The third-order valence-electron chi connectivity index (χ3n) is 30.4. The largest absolute Gasteiger partial charge is 0.310 e. The maximum Gasteiger partial charge on any atom is 0.0542 e. The van der Waals surface area contributed by atoms with Crippen molar-refractivity contribution in [2.75, 3.05) is 14.7 Å². The number of aromatic nitrogens is 3. The summed E-state index contributed by atoms with van der Waals surface area (Å²) < 4.78 is 7.14. The number of hydrogen-bond donors (Lipinski definition) is 0. The Morgan fingerprint density at radius 3 is 0.780 bits per heavy atom. The highest BCUT2D eigenvalue weighted by atomic mass is 15.2. The highest BCUT2D eigenvalue weighted by Gasteiger charge is 2.40. The second-order valence-electron chi connectivity index (χ2n) is 39.6. The van der Waals surface area contributed by atoms with Crippen LogP contribution in [0.4, 0.5) is 51.2 Å². The molecule has 141 heavy (non-hydrogen) atoms. The molecule has 0 amide bonds. The van der Waals surface area contributed by atoms with E-state index in [1.165, 1.54) is 193 Å². The minimum atomic E-state index is -0.0943. The van der Waals surface area contributed by atoms with Crippen LogP contribution in [0, 0.1) is 0 Å². The van der Waals surface area contributed by atoms with E-state index in [4.69, 9.17) is 0 Å². The summed E-state index contributed by atoms with van der Waals surface area (Å²) in [5, 5.41) is 14.9. The van der Waals surface area contributed by atoms with Gasteiger partial charge in [0, 0.05) is 117 Å². The van der Waals surface area contributed by atoms with Gasteiger partial charge in [0.1, 0.15) is 0 Å². The summed E-state index contributed by atoms with van der Waals surface area (Å²) in [6.45, 7) is 14.1. The number of benzene rings is 22. The first-order valence-electron chi connectivity index (χ1n) is 49.2. The molecular formula is C135H100N6. The molecule has 0 saturated carbocycles. The SMILES string of the molecule is CC1(C)c2ccccc2-c2ccc(N(c3ccc(-c4ccccc4)cc3)c3ccc4c(c3)c3ccccc3n4-c3ccccc3)cc21.CC1(C)c2ccccc2-c2ccc(N(c3ccc4cc5ccccc5cc4c3)c3ccc4c(c3)c3ccccc3n4-c3ccccc3)cc21.CC1(C)c2ccccc2-c2ccc(N(c3ccc4ccccc4c3)c3ccc4c(c3)c3ccccc3n4-c3ccccc3)cc21. The Labute approximate surface area is 821 Å². The van der Waals surface area contributed by atoms with Gasteiger partial charge in [-0.15, -0.1) is 0 Å². The molecule has 670 valence electrons. The van der Waals surface area contributed by atoms with Crippen LogP contribution < -0.4 is 14.7 Å². The van der Waals surface area contributed by atoms with Gasteiger partial charge in [-0.25, -0.2) is 0 Å². The fourth-order valence-electron chi connectivity index (χ4n) is 23.5. The molecule has 0 spiro atoms. The first-order chi connectivity index (χ1) is 69.2. The molecule has 0 unspecified atom stereocenters. The van der Waals surface area contributed by atoms with Crippen molar-refractivity contribution in [1.29, 1.82) is 0 Å². The second kappa shape index (κ2) is 33.4. The van der Waals surface area contributed by atoms with E-state index in [1.54, 1.807) is 0 Å². The Kier molecular flexibility index (Phi) is 19.9. The monoisotopic (exact) mass is 1800 g/mol. The number of para-hydroxylation sites is 6. The summed E-state index contributed by atoms with van der Waals surface area (Å²) in [4.78, 5) is 7.30. The van der Waals surface area contributed by atoms with Gasteiger partial charge in [-0.3, -0.25) is 0 Å². The Bertz CT molecular complexity index is 9280. The van der Waals surface area contributed by atoms with Crippen molar-refractivity contribution in [3.63, 3.8) is 0 Å². The summed E-state index contributed by atoms with van der Waals surface area (Å²) in [5.74, 6) is 0. The fourth-order valence-corrected chi connectivity index (χ4v) is 23.5. The van der Waals surface area contributed by atoms with Gasteiger partial charge in [0.05, 0.1) is 33.1 Å². The van der Waals surface area contributed by atoms with Crippen LogP contribution >= 0.6 is 0 Å². The van der Waals surface area contributed by atoms with Crippen LogP contribution in [0.1, 0.15) is 74.9 Å². The van der Waals surface area contributed by atoms with Gasteiger partial charge in [-0.1, -0.05) is 345 Å². The molecular weight excluding hydrogens is 1710 g/mol. The van der Waals surface area contributed by atoms with E-state index in [0.29, 0.717) is 0 Å². The van der Waals surface area contributed by atoms with Gasteiger partial charge in [0.15, 0.2) is 0 Å². The van der Waals surface area contributed by atoms with Gasteiger partial charge < -0.3 is 28.4 Å². The normalized spacial score (nSPS) is 13.2. The lowest BCUT2D eigenvalue weighted by Gasteiger charge is -2.28. The second-order valence-corrected chi connectivity index (χ2v) is 39.6. The van der Waals surface area contributed by atoms with Gasteiger partial charge in [-0.2, -0.15) is 0 Å². The average molecular weight is 1810 g/mol. The summed E-state index contributed by atoms with van der Waals surface area (Å²) in [7, 11) is 0. The molecule has 22 aromatic carbocycles. The maximum absolute atomic E-state index is 2.45. The maximum atomic E-state index is 2.45. The number of rotatable bonds is 13. The highest BCUT2D eigenvalue weighted by molar-refractivity contribution is 6.14. The van der Waals surface area contributed by atoms with Crippen molar-refractivity contribution in [2.45, 2.75) is 57.8 Å². The van der Waals surface area contributed by atoms with Gasteiger partial charge >= 0.3 is 0 Å². The molecule has 25 aromatic rings. The summed E-state index contributed by atoms with van der Waals surface area (Å²) in [5.41, 5.74) is 39.5. The minimum absolute atomic E-state index is 0.0793. The van der Waals surface area contributed by atoms with Gasteiger partial charge in [-0.05, 0) is 304 Å². The molecule has 3 aliphatic carbocycles. The Hall–Kier alpha value is -17.6. The molecule has 6 heteroatoms. The molecule has 0 aliphatic heterocycles. The Balaban J connectivity index is 0.000000109. The number of hydrogen-bond acceptors (Lipinski definition) is 3. The predicted octanol–water partition coefficient (Wildman–Crippen LogP) is 36.8. The van der Waals surface area contributed by atoms with Crippen molar-refractivity contribution >= 4 is 149 Å². The lowest BCUT2D eigenvalue weighted by atomic mass is 9.82. The fraction of sp³-hybridized carbons (Fsp3) is 0.0667. The van der Waals surface area contributed by atoms with Crippen LogP contribution in [0.5, 0.6) is 0 Å². The Morgan fingerprint density at radius 2 is 0.390 bits per heavy atom. The molecule has 3 heterocycles. The Morgan fingerprint density at radius 1 is 0.149 bits per heavy atom. The van der Waals surface area contributed by atoms with Crippen molar-refractivity contribution in [1.82, 2.24) is 13.7 Å². The zero-order valence-corrected chi connectivity index (χ0v) is 79.5. The van der Waals surface area contributed by atoms with E-state index in [2.05, 4.69) is 567 Å². The number of fused-ring (bicyclic) bond motifs is 21. The number of anilines is 9. The zero-order valence-electron chi connectivity index (χ0n) is 79.5. The quantitative estimate of drug-likeness (QED) is 0.108. The van der Waals surface area contributed by atoms with E-state index in [9.17, 15) is 0 Å². The molecule has 0 N–H and O–H groups in total. The lowest BCUT2D eigenvalue weighted by Crippen LogP contribution is -2.16. The van der Waals surface area contributed by atoms with Crippen LogP contribution in [0.15, 0.2) is 497 Å². The van der Waals surface area contributed by atoms with Crippen molar-refractivity contribution in [3.05, 3.63) is 531 Å². The highest BCUT2D eigenvalue weighted by Crippen LogP contribution is 2.56. The summed E-state index contributed by atoms with van der Waals surface area (Å²) in [6, 6.07) is 182. The van der Waals surface area contributed by atoms with Crippen LogP contribution in [-0.4, -0.2) is 13.7 Å². The molecule has 0 radical (unpaired) electrons. The summed E-state index contributed by atoms with van der Waals surface area (Å²) in [6.07, 6.45) is 0. The van der Waals surface area contributed by atoms with Crippen LogP contribution in [0.2, 0.25) is 0 Å². The summed E-state index contributed by atoms with van der Waals surface area (Å²) >= 11 is 0. The smallest absolute Gasteiger partial charge is 0.0542 e. The van der Waals surface area contributed by atoms with Crippen LogP contribution in [0.3, 0.4) is 0 Å². The molecule has 3 aliphatic rings. The lowest BCUT2D eigenvalue weighted by molar-refractivity contribution is 0.660. The first kappa shape index (κ1) is 84.0. The number of nitrogens with zero attached hydrogens (tertiary/aromatic N) is 6. The van der Waals surface area contributed by atoms with E-state index >= 15 is 0 Å². The van der Waals surface area contributed by atoms with E-state index in [1.807, 2.05) is 0 Å². The van der Waals surface area contributed by atoms with Crippen molar-refractivity contribution in [2.24, 2.45) is 0 Å². The van der Waals surface area contributed by atoms with Crippen LogP contribution in [0.25, 0.3) is 159 Å². The predicted molar refractivity (Wildman–Crippen MR) is 597 cm³/mol. The molecule has 28 rings (SSSR count). The molecule has 3 aromatic heterocycles.